The molecule has 0 amide bonds. The van der Waals surface area contributed by atoms with Crippen molar-refractivity contribution in [3.63, 3.8) is 0 Å². The molecule has 0 atom stereocenters. The number of rotatable bonds is 7. The second-order valence-corrected chi connectivity index (χ2v) is 4.52. The molecule has 1 heterocycles. The first-order valence-corrected chi connectivity index (χ1v) is 6.46. The van der Waals surface area contributed by atoms with Gasteiger partial charge < -0.3 is 5.32 Å². The molecule has 0 saturated carbocycles. The Bertz CT molecular complexity index is 302. The van der Waals surface area contributed by atoms with Crippen molar-refractivity contribution in [3.05, 3.63) is 17.5 Å². The summed E-state index contributed by atoms with van der Waals surface area (Å²) < 4.78 is 2.17. The van der Waals surface area contributed by atoms with Crippen molar-refractivity contribution in [1.29, 1.82) is 0 Å². The van der Waals surface area contributed by atoms with Crippen LogP contribution in [0.4, 0.5) is 0 Å². The van der Waals surface area contributed by atoms with Crippen molar-refractivity contribution in [3.8, 4) is 0 Å². The molecule has 0 radical (unpaired) electrons. The molecule has 0 spiro atoms. The van der Waals surface area contributed by atoms with Gasteiger partial charge >= 0.3 is 0 Å². The van der Waals surface area contributed by atoms with Crippen LogP contribution in [-0.2, 0) is 19.4 Å². The van der Waals surface area contributed by atoms with Crippen LogP contribution in [-0.4, -0.2) is 22.4 Å². The van der Waals surface area contributed by atoms with Gasteiger partial charge in [-0.25, -0.2) is 0 Å². The number of hydrogen-bond donors (Lipinski definition) is 1. The third-order valence-electron chi connectivity index (χ3n) is 2.74. The minimum atomic E-state index is 0.578. The number of aryl methyl sites for hydroxylation is 3. The van der Waals surface area contributed by atoms with Crippen molar-refractivity contribution in [2.24, 2.45) is 0 Å². The third kappa shape index (κ3) is 3.97. The van der Waals surface area contributed by atoms with E-state index < -0.39 is 0 Å². The van der Waals surface area contributed by atoms with Gasteiger partial charge in [0.1, 0.15) is 0 Å². The van der Waals surface area contributed by atoms with E-state index in [1.807, 2.05) is 0 Å². The normalized spacial score (nSPS) is 11.3. The van der Waals surface area contributed by atoms with Gasteiger partial charge in [-0.2, -0.15) is 5.10 Å². The second-order valence-electron chi connectivity index (χ2n) is 4.52. The van der Waals surface area contributed by atoms with Crippen LogP contribution in [0.1, 0.15) is 45.5 Å². The molecule has 3 heteroatoms. The summed E-state index contributed by atoms with van der Waals surface area (Å²) in [5.74, 6) is 0. The fourth-order valence-electron chi connectivity index (χ4n) is 1.79. The molecule has 3 nitrogen and oxygen atoms in total. The predicted molar refractivity (Wildman–Crippen MR) is 68.7 cm³/mol. The number of nitrogens with one attached hydrogen (secondary N) is 1. The standard InChI is InChI=1S/C13H25N3/c1-5-12-10-13(6-2)16(15-12)9-7-8-14-11(3)4/h10-11,14H,5-9H2,1-4H3. The molecular weight excluding hydrogens is 198 g/mol. The summed E-state index contributed by atoms with van der Waals surface area (Å²) in [6, 6.07) is 2.81. The minimum absolute atomic E-state index is 0.578. The van der Waals surface area contributed by atoms with Gasteiger partial charge in [0.2, 0.25) is 0 Å². The smallest absolute Gasteiger partial charge is 0.0624 e. The van der Waals surface area contributed by atoms with Crippen molar-refractivity contribution in [1.82, 2.24) is 15.1 Å². The quantitative estimate of drug-likeness (QED) is 0.719. The number of hydrogen-bond acceptors (Lipinski definition) is 2. The Morgan fingerprint density at radius 1 is 1.31 bits per heavy atom. The predicted octanol–water partition coefficient (Wildman–Crippen LogP) is 2.40. The Hall–Kier alpha value is -0.830. The Morgan fingerprint density at radius 2 is 2.06 bits per heavy atom. The van der Waals surface area contributed by atoms with Gasteiger partial charge in [0, 0.05) is 18.3 Å². The minimum Gasteiger partial charge on any atom is -0.314 e. The molecule has 0 aliphatic heterocycles. The summed E-state index contributed by atoms with van der Waals surface area (Å²) in [6.07, 6.45) is 3.25. The highest BCUT2D eigenvalue weighted by Crippen LogP contribution is 2.06. The number of nitrogens with zero attached hydrogens (tertiary/aromatic N) is 2. The lowest BCUT2D eigenvalue weighted by Gasteiger charge is -2.09. The van der Waals surface area contributed by atoms with Crippen LogP contribution in [0.3, 0.4) is 0 Å². The molecule has 0 aliphatic rings. The maximum Gasteiger partial charge on any atom is 0.0624 e. The van der Waals surface area contributed by atoms with E-state index in [-0.39, 0.29) is 0 Å². The Kier molecular flexibility index (Phi) is 5.53. The van der Waals surface area contributed by atoms with E-state index >= 15 is 0 Å². The fourth-order valence-corrected chi connectivity index (χ4v) is 1.79. The zero-order valence-electron chi connectivity index (χ0n) is 11.1. The van der Waals surface area contributed by atoms with Crippen LogP contribution in [0.5, 0.6) is 0 Å². The zero-order valence-corrected chi connectivity index (χ0v) is 11.1. The van der Waals surface area contributed by atoms with E-state index in [0.29, 0.717) is 6.04 Å². The van der Waals surface area contributed by atoms with Crippen molar-refractivity contribution in [2.45, 2.75) is 59.5 Å². The molecule has 0 unspecified atom stereocenters. The lowest BCUT2D eigenvalue weighted by molar-refractivity contribution is 0.502. The van der Waals surface area contributed by atoms with Crippen molar-refractivity contribution < 1.29 is 0 Å². The SMILES string of the molecule is CCc1cc(CC)n(CCCNC(C)C)n1. The van der Waals surface area contributed by atoms with E-state index in [1.54, 1.807) is 0 Å². The summed E-state index contributed by atoms with van der Waals surface area (Å²) >= 11 is 0. The van der Waals surface area contributed by atoms with E-state index in [0.717, 1.165) is 32.4 Å². The highest BCUT2D eigenvalue weighted by atomic mass is 15.3. The van der Waals surface area contributed by atoms with Crippen LogP contribution < -0.4 is 5.32 Å². The lowest BCUT2D eigenvalue weighted by Crippen LogP contribution is -2.24. The number of aromatic nitrogens is 2. The average Bonchev–Trinajstić information content (AvgIpc) is 2.66. The summed E-state index contributed by atoms with van der Waals surface area (Å²) in [6.45, 7) is 10.8. The average molecular weight is 223 g/mol. The van der Waals surface area contributed by atoms with Crippen LogP contribution in [0, 0.1) is 0 Å². The first kappa shape index (κ1) is 13.2. The first-order valence-electron chi connectivity index (χ1n) is 6.46. The second kappa shape index (κ2) is 6.69. The van der Waals surface area contributed by atoms with Crippen LogP contribution in [0.2, 0.25) is 0 Å². The lowest BCUT2D eigenvalue weighted by atomic mass is 10.2. The van der Waals surface area contributed by atoms with Gasteiger partial charge in [-0.1, -0.05) is 27.7 Å². The highest BCUT2D eigenvalue weighted by Gasteiger charge is 2.04. The molecule has 92 valence electrons. The zero-order chi connectivity index (χ0) is 12.0. The third-order valence-corrected chi connectivity index (χ3v) is 2.74. The molecule has 0 saturated heterocycles. The van der Waals surface area contributed by atoms with Gasteiger partial charge in [-0.05, 0) is 31.9 Å². The van der Waals surface area contributed by atoms with Crippen LogP contribution >= 0.6 is 0 Å². The Labute approximate surface area is 99.2 Å². The van der Waals surface area contributed by atoms with Gasteiger partial charge in [0.25, 0.3) is 0 Å². The maximum absolute atomic E-state index is 4.61. The molecule has 1 rings (SSSR count). The molecule has 1 N–H and O–H groups in total. The molecule has 0 fully saturated rings. The Balaban J connectivity index is 2.43. The molecule has 1 aromatic heterocycles. The topological polar surface area (TPSA) is 29.9 Å². The summed E-state index contributed by atoms with van der Waals surface area (Å²) in [7, 11) is 0. The molecule has 1 aromatic rings. The monoisotopic (exact) mass is 223 g/mol. The van der Waals surface area contributed by atoms with Crippen molar-refractivity contribution in [2.75, 3.05) is 6.54 Å². The summed E-state index contributed by atoms with van der Waals surface area (Å²) in [5, 5.41) is 8.04. The van der Waals surface area contributed by atoms with Crippen molar-refractivity contribution >= 4 is 0 Å². The van der Waals surface area contributed by atoms with E-state index in [4.69, 9.17) is 0 Å². The van der Waals surface area contributed by atoms with E-state index in [9.17, 15) is 0 Å². The largest absolute Gasteiger partial charge is 0.314 e. The van der Waals surface area contributed by atoms with E-state index in [2.05, 4.69) is 48.9 Å². The molecular formula is C13H25N3. The van der Waals surface area contributed by atoms with Gasteiger partial charge in [0.05, 0.1) is 5.69 Å². The molecule has 0 aromatic carbocycles. The Morgan fingerprint density at radius 3 is 2.62 bits per heavy atom. The maximum atomic E-state index is 4.61. The highest BCUT2D eigenvalue weighted by molar-refractivity contribution is 5.10. The van der Waals surface area contributed by atoms with Gasteiger partial charge in [-0.15, -0.1) is 0 Å². The van der Waals surface area contributed by atoms with Crippen LogP contribution in [0.25, 0.3) is 0 Å². The first-order chi connectivity index (χ1) is 7.67. The van der Waals surface area contributed by atoms with E-state index in [1.165, 1.54) is 11.4 Å². The molecule has 0 aliphatic carbocycles. The van der Waals surface area contributed by atoms with Gasteiger partial charge in [0.15, 0.2) is 0 Å². The molecule has 16 heavy (non-hydrogen) atoms. The fraction of sp³-hybridized carbons (Fsp3) is 0.769. The molecule has 0 bridgehead atoms. The summed E-state index contributed by atoms with van der Waals surface area (Å²) in [4.78, 5) is 0. The summed E-state index contributed by atoms with van der Waals surface area (Å²) in [5.41, 5.74) is 2.58. The van der Waals surface area contributed by atoms with Crippen LogP contribution in [0.15, 0.2) is 6.07 Å². The van der Waals surface area contributed by atoms with Gasteiger partial charge in [-0.3, -0.25) is 4.68 Å².